The van der Waals surface area contributed by atoms with Crippen LogP contribution in [-0.2, 0) is 19.4 Å². The van der Waals surface area contributed by atoms with E-state index in [1.54, 1.807) is 26.8 Å². The molecule has 1 unspecified atom stereocenters. The molecule has 0 fully saturated rings. The molecule has 0 bridgehead atoms. The maximum absolute atomic E-state index is 13.3. The van der Waals surface area contributed by atoms with Crippen molar-refractivity contribution in [3.05, 3.63) is 54.8 Å². The van der Waals surface area contributed by atoms with Gasteiger partial charge in [-0.2, -0.15) is 0 Å². The summed E-state index contributed by atoms with van der Waals surface area (Å²) in [5, 5.41) is 0. The zero-order valence-corrected chi connectivity index (χ0v) is 21.3. The highest BCUT2D eigenvalue weighted by molar-refractivity contribution is 7.98. The minimum absolute atomic E-state index is 0.00299. The van der Waals surface area contributed by atoms with Crippen molar-refractivity contribution >= 4 is 38.9 Å². The number of para-hydroxylation sites is 1. The predicted octanol–water partition coefficient (Wildman–Crippen LogP) is 5.59. The average Bonchev–Trinajstić information content (AvgIpc) is 2.86. The molecule has 0 aliphatic carbocycles. The van der Waals surface area contributed by atoms with Gasteiger partial charge in [0.25, 0.3) is 0 Å². The van der Waals surface area contributed by atoms with E-state index in [-0.39, 0.29) is 16.6 Å². The van der Waals surface area contributed by atoms with Gasteiger partial charge in [0.05, 0.1) is 33.6 Å². The van der Waals surface area contributed by atoms with Gasteiger partial charge in [-0.1, -0.05) is 31.5 Å². The van der Waals surface area contributed by atoms with Crippen LogP contribution in [-0.4, -0.2) is 38.5 Å². The molecule has 33 heavy (non-hydrogen) atoms. The molecule has 0 spiro atoms. The molecule has 2 aromatic rings. The fourth-order valence-electron chi connectivity index (χ4n) is 3.65. The first-order valence-electron chi connectivity index (χ1n) is 10.9. The Labute approximate surface area is 200 Å². The Hall–Kier alpha value is -2.45. The number of anilines is 2. The van der Waals surface area contributed by atoms with E-state index >= 15 is 0 Å². The van der Waals surface area contributed by atoms with Gasteiger partial charge in [-0.05, 0) is 51.1 Å². The third-order valence-electron chi connectivity index (χ3n) is 5.22. The number of benzene rings is 2. The number of nitrogens with zero attached hydrogens (tertiary/aromatic N) is 1. The van der Waals surface area contributed by atoms with E-state index in [1.165, 1.54) is 24.1 Å². The standard InChI is InChI=1S/C25H31NO5S2/c1-6-18-16-26(19-10-8-7-9-11-19)20-14-22(32-5)21(15-23(20)33(28,29)17-18)30-13-12-24(27)31-25(2,3)4/h7-15,18H,6,16-17H2,1-5H3/b13-12+. The van der Waals surface area contributed by atoms with Gasteiger partial charge in [0.2, 0.25) is 0 Å². The van der Waals surface area contributed by atoms with Crippen LogP contribution in [0.1, 0.15) is 34.1 Å². The van der Waals surface area contributed by atoms with Gasteiger partial charge >= 0.3 is 5.97 Å². The Kier molecular flexibility index (Phi) is 7.80. The van der Waals surface area contributed by atoms with Crippen LogP contribution in [0.2, 0.25) is 0 Å². The van der Waals surface area contributed by atoms with Crippen molar-refractivity contribution in [1.82, 2.24) is 0 Å². The van der Waals surface area contributed by atoms with E-state index in [0.717, 1.165) is 17.0 Å². The Bertz CT molecular complexity index is 1120. The number of rotatable bonds is 6. The summed E-state index contributed by atoms with van der Waals surface area (Å²) >= 11 is 1.45. The zero-order valence-electron chi connectivity index (χ0n) is 19.7. The van der Waals surface area contributed by atoms with Crippen LogP contribution in [0.3, 0.4) is 0 Å². The molecule has 0 N–H and O–H groups in total. The van der Waals surface area contributed by atoms with Crippen molar-refractivity contribution in [3.63, 3.8) is 0 Å². The summed E-state index contributed by atoms with van der Waals surface area (Å²) < 4.78 is 37.7. The zero-order chi connectivity index (χ0) is 24.2. The highest BCUT2D eigenvalue weighted by Gasteiger charge is 2.33. The minimum Gasteiger partial charge on any atom is -0.464 e. The number of carbonyl (C=O) groups excluding carboxylic acids is 1. The van der Waals surface area contributed by atoms with Crippen molar-refractivity contribution in [2.45, 2.75) is 49.5 Å². The largest absolute Gasteiger partial charge is 0.464 e. The number of sulfone groups is 1. The first-order valence-corrected chi connectivity index (χ1v) is 13.8. The van der Waals surface area contributed by atoms with Crippen molar-refractivity contribution < 1.29 is 22.7 Å². The van der Waals surface area contributed by atoms with Crippen molar-refractivity contribution in [2.75, 3.05) is 23.5 Å². The van der Waals surface area contributed by atoms with Crippen LogP contribution in [0, 0.1) is 5.92 Å². The van der Waals surface area contributed by atoms with E-state index in [1.807, 2.05) is 49.6 Å². The van der Waals surface area contributed by atoms with Crippen LogP contribution in [0.4, 0.5) is 11.4 Å². The molecule has 8 heteroatoms. The lowest BCUT2D eigenvalue weighted by molar-refractivity contribution is -0.148. The molecule has 3 rings (SSSR count). The lowest BCUT2D eigenvalue weighted by atomic mass is 10.1. The molecule has 1 atom stereocenters. The molecule has 0 aromatic heterocycles. The molecular weight excluding hydrogens is 458 g/mol. The quantitative estimate of drug-likeness (QED) is 0.226. The van der Waals surface area contributed by atoms with E-state index in [4.69, 9.17) is 9.47 Å². The van der Waals surface area contributed by atoms with Gasteiger partial charge < -0.3 is 14.4 Å². The SMILES string of the molecule is CCC1CN(c2ccccc2)c2cc(SC)c(O/C=C/C(=O)OC(C)(C)C)cc2S(=O)(=O)C1. The van der Waals surface area contributed by atoms with Crippen LogP contribution in [0.5, 0.6) is 5.75 Å². The lowest BCUT2D eigenvalue weighted by Gasteiger charge is -2.27. The summed E-state index contributed by atoms with van der Waals surface area (Å²) in [7, 11) is -3.54. The molecule has 1 aliphatic heterocycles. The molecular formula is C25H31NO5S2. The highest BCUT2D eigenvalue weighted by Crippen LogP contribution is 2.43. The van der Waals surface area contributed by atoms with E-state index in [0.29, 0.717) is 18.0 Å². The van der Waals surface area contributed by atoms with Gasteiger partial charge in [-0.3, -0.25) is 0 Å². The molecule has 0 radical (unpaired) electrons. The fourth-order valence-corrected chi connectivity index (χ4v) is 6.10. The first kappa shape index (κ1) is 25.2. The normalized spacial score (nSPS) is 18.0. The van der Waals surface area contributed by atoms with Crippen LogP contribution >= 0.6 is 11.8 Å². The van der Waals surface area contributed by atoms with Crippen molar-refractivity contribution in [2.24, 2.45) is 5.92 Å². The molecule has 0 saturated carbocycles. The Morgan fingerprint density at radius 1 is 1.21 bits per heavy atom. The highest BCUT2D eigenvalue weighted by atomic mass is 32.2. The molecule has 6 nitrogen and oxygen atoms in total. The predicted molar refractivity (Wildman–Crippen MR) is 133 cm³/mol. The van der Waals surface area contributed by atoms with Gasteiger partial charge in [-0.25, -0.2) is 13.2 Å². The third kappa shape index (κ3) is 6.32. The van der Waals surface area contributed by atoms with E-state index < -0.39 is 21.4 Å². The fraction of sp³-hybridized carbons (Fsp3) is 0.400. The van der Waals surface area contributed by atoms with Crippen LogP contribution < -0.4 is 9.64 Å². The van der Waals surface area contributed by atoms with Crippen LogP contribution in [0.25, 0.3) is 0 Å². The summed E-state index contributed by atoms with van der Waals surface area (Å²) in [5.74, 6) is -0.0768. The maximum Gasteiger partial charge on any atom is 0.334 e. The van der Waals surface area contributed by atoms with E-state index in [9.17, 15) is 13.2 Å². The van der Waals surface area contributed by atoms with Gasteiger partial charge in [0, 0.05) is 18.3 Å². The second-order valence-corrected chi connectivity index (χ2v) is 11.8. The molecule has 0 saturated heterocycles. The Balaban J connectivity index is 2.04. The van der Waals surface area contributed by atoms with Crippen LogP contribution in [0.15, 0.2) is 64.6 Å². The molecule has 1 heterocycles. The van der Waals surface area contributed by atoms with Gasteiger partial charge in [0.15, 0.2) is 9.84 Å². The van der Waals surface area contributed by atoms with Gasteiger partial charge in [-0.15, -0.1) is 11.8 Å². The molecule has 1 aliphatic rings. The summed E-state index contributed by atoms with van der Waals surface area (Å²) in [6, 6.07) is 13.2. The molecule has 0 amide bonds. The van der Waals surface area contributed by atoms with E-state index in [2.05, 4.69) is 4.90 Å². The monoisotopic (exact) mass is 489 g/mol. The number of hydrogen-bond acceptors (Lipinski definition) is 7. The Morgan fingerprint density at radius 2 is 1.91 bits per heavy atom. The first-order chi connectivity index (χ1) is 15.5. The minimum atomic E-state index is -3.54. The summed E-state index contributed by atoms with van der Waals surface area (Å²) in [5.41, 5.74) is 0.977. The summed E-state index contributed by atoms with van der Waals surface area (Å²) in [6.45, 7) is 7.97. The topological polar surface area (TPSA) is 72.9 Å². The van der Waals surface area contributed by atoms with Gasteiger partial charge in [0.1, 0.15) is 11.4 Å². The second kappa shape index (κ2) is 10.2. The second-order valence-electron chi connectivity index (χ2n) is 8.93. The molecule has 2 aromatic carbocycles. The number of thioether (sulfide) groups is 1. The lowest BCUT2D eigenvalue weighted by Crippen LogP contribution is -2.25. The number of hydrogen-bond donors (Lipinski definition) is 0. The number of ether oxygens (including phenoxy) is 2. The third-order valence-corrected chi connectivity index (χ3v) is 7.88. The number of carbonyl (C=O) groups is 1. The number of esters is 1. The average molecular weight is 490 g/mol. The molecule has 178 valence electrons. The number of fused-ring (bicyclic) bond motifs is 1. The summed E-state index contributed by atoms with van der Waals surface area (Å²) in [6.07, 6.45) is 5.09. The summed E-state index contributed by atoms with van der Waals surface area (Å²) in [4.78, 5) is 15.0. The van der Waals surface area contributed by atoms with Crippen molar-refractivity contribution in [1.29, 1.82) is 0 Å². The smallest absolute Gasteiger partial charge is 0.334 e. The Morgan fingerprint density at radius 3 is 2.52 bits per heavy atom. The maximum atomic E-state index is 13.3. The van der Waals surface area contributed by atoms with Crippen molar-refractivity contribution in [3.8, 4) is 5.75 Å².